The summed E-state index contributed by atoms with van der Waals surface area (Å²) in [6.07, 6.45) is 6.04. The minimum atomic E-state index is -2.68. The Kier molecular flexibility index (Phi) is 5.65. The van der Waals surface area contributed by atoms with Gasteiger partial charge in [0.05, 0.1) is 18.4 Å². The van der Waals surface area contributed by atoms with E-state index in [1.807, 2.05) is 6.92 Å². The molecule has 0 saturated heterocycles. The van der Waals surface area contributed by atoms with E-state index in [1.54, 1.807) is 42.1 Å². The van der Waals surface area contributed by atoms with Crippen LogP contribution in [0.25, 0.3) is 5.57 Å². The number of imidazole rings is 1. The van der Waals surface area contributed by atoms with Crippen molar-refractivity contribution in [3.05, 3.63) is 59.0 Å². The number of rotatable bonds is 6. The number of carbonyl (C=O) groups excluding carboxylic acids is 1. The van der Waals surface area contributed by atoms with Gasteiger partial charge in [-0.25, -0.2) is 13.8 Å². The second kappa shape index (κ2) is 8.52. The van der Waals surface area contributed by atoms with Gasteiger partial charge in [0, 0.05) is 49.6 Å². The monoisotopic (exact) mass is 468 g/mol. The van der Waals surface area contributed by atoms with E-state index in [0.717, 1.165) is 54.3 Å². The summed E-state index contributed by atoms with van der Waals surface area (Å²) >= 11 is 0. The van der Waals surface area contributed by atoms with Crippen molar-refractivity contribution in [2.75, 3.05) is 18.5 Å². The third-order valence-electron chi connectivity index (χ3n) is 6.98. The molecule has 180 valence electrons. The molecule has 2 aromatic heterocycles. The summed E-state index contributed by atoms with van der Waals surface area (Å²) in [6, 6.07) is 0. The second-order valence-electron chi connectivity index (χ2n) is 9.55. The lowest BCUT2D eigenvalue weighted by Gasteiger charge is -2.33. The highest BCUT2D eigenvalue weighted by Crippen LogP contribution is 2.43. The van der Waals surface area contributed by atoms with E-state index >= 15 is 0 Å². The molecule has 34 heavy (non-hydrogen) atoms. The fourth-order valence-corrected chi connectivity index (χ4v) is 4.84. The standard InChI is InChI=1S/C25H30F2N6O/c1-15-6-5-9-32(20(15)10-19(23(26)27)16(2)18-11-28-31(4)12-18)25-21-13-30(3)22(34)14-33(21)24(29-25)17-7-8-17/h10-12,17,23H,2,5-9,13-14H2,1,3-4H3/b19-10+. The zero-order valence-electron chi connectivity index (χ0n) is 19.9. The third kappa shape index (κ3) is 3.97. The zero-order chi connectivity index (χ0) is 24.1. The number of nitrogens with zero attached hydrogens (tertiary/aromatic N) is 6. The van der Waals surface area contributed by atoms with E-state index in [1.165, 1.54) is 0 Å². The van der Waals surface area contributed by atoms with Gasteiger partial charge in [0.25, 0.3) is 6.43 Å². The normalized spacial score (nSPS) is 19.4. The van der Waals surface area contributed by atoms with Crippen LogP contribution in [0.15, 0.2) is 41.9 Å². The number of fused-ring (bicyclic) bond motifs is 1. The maximum absolute atomic E-state index is 14.3. The maximum atomic E-state index is 14.3. The van der Waals surface area contributed by atoms with E-state index < -0.39 is 6.43 Å². The lowest BCUT2D eigenvalue weighted by Crippen LogP contribution is -2.37. The van der Waals surface area contributed by atoms with Crippen LogP contribution in [0, 0.1) is 0 Å². The van der Waals surface area contributed by atoms with E-state index in [-0.39, 0.29) is 23.6 Å². The Balaban J connectivity index is 1.59. The van der Waals surface area contributed by atoms with Crippen molar-refractivity contribution in [1.29, 1.82) is 0 Å². The first-order chi connectivity index (χ1) is 16.2. The van der Waals surface area contributed by atoms with Crippen molar-refractivity contribution < 1.29 is 13.6 Å². The molecule has 2 aliphatic heterocycles. The van der Waals surface area contributed by atoms with Crippen LogP contribution in [0.1, 0.15) is 55.6 Å². The first-order valence-electron chi connectivity index (χ1n) is 11.7. The van der Waals surface area contributed by atoms with E-state index in [0.29, 0.717) is 24.6 Å². The van der Waals surface area contributed by atoms with Gasteiger partial charge in [0.2, 0.25) is 5.91 Å². The van der Waals surface area contributed by atoms with Crippen LogP contribution < -0.4 is 4.90 Å². The van der Waals surface area contributed by atoms with Crippen molar-refractivity contribution in [1.82, 2.24) is 24.2 Å². The Morgan fingerprint density at radius 2 is 2.03 bits per heavy atom. The molecular formula is C25H30F2N6O. The summed E-state index contributed by atoms with van der Waals surface area (Å²) in [7, 11) is 3.55. The van der Waals surface area contributed by atoms with Gasteiger partial charge in [-0.15, -0.1) is 0 Å². The lowest BCUT2D eigenvalue weighted by atomic mass is 9.97. The highest BCUT2D eigenvalue weighted by Gasteiger charge is 2.37. The smallest absolute Gasteiger partial charge is 0.264 e. The van der Waals surface area contributed by atoms with Gasteiger partial charge in [-0.05, 0) is 49.8 Å². The number of amides is 1. The minimum absolute atomic E-state index is 0.0663. The Morgan fingerprint density at radius 3 is 2.68 bits per heavy atom. The highest BCUT2D eigenvalue weighted by molar-refractivity contribution is 5.79. The number of likely N-dealkylation sites (N-methyl/N-ethyl adjacent to an activating group) is 1. The lowest BCUT2D eigenvalue weighted by molar-refractivity contribution is -0.132. The van der Waals surface area contributed by atoms with Crippen LogP contribution in [-0.4, -0.2) is 50.2 Å². The molecule has 0 aromatic carbocycles. The van der Waals surface area contributed by atoms with Crippen molar-refractivity contribution in [2.24, 2.45) is 7.05 Å². The van der Waals surface area contributed by atoms with Crippen LogP contribution in [0.2, 0.25) is 0 Å². The molecule has 7 nitrogen and oxygen atoms in total. The molecule has 9 heteroatoms. The largest absolute Gasteiger partial charge is 0.338 e. The molecule has 0 bridgehead atoms. The number of hydrogen-bond donors (Lipinski definition) is 0. The topological polar surface area (TPSA) is 59.2 Å². The first-order valence-corrected chi connectivity index (χ1v) is 11.7. The predicted molar refractivity (Wildman–Crippen MR) is 126 cm³/mol. The Hall–Kier alpha value is -3.23. The van der Waals surface area contributed by atoms with Gasteiger partial charge < -0.3 is 14.4 Å². The quantitative estimate of drug-likeness (QED) is 0.595. The van der Waals surface area contributed by atoms with Crippen molar-refractivity contribution in [2.45, 2.75) is 58.0 Å². The minimum Gasteiger partial charge on any atom is -0.338 e. The molecule has 1 saturated carbocycles. The number of alkyl halides is 2. The summed E-state index contributed by atoms with van der Waals surface area (Å²) < 4.78 is 32.2. The van der Waals surface area contributed by atoms with Crippen LogP contribution in [-0.2, 0) is 24.9 Å². The Labute approximate surface area is 198 Å². The fraction of sp³-hybridized carbons (Fsp3) is 0.480. The molecule has 1 fully saturated rings. The van der Waals surface area contributed by atoms with Crippen LogP contribution >= 0.6 is 0 Å². The number of halogens is 2. The molecule has 1 aliphatic carbocycles. The van der Waals surface area contributed by atoms with E-state index in [9.17, 15) is 13.6 Å². The average molecular weight is 469 g/mol. The molecule has 0 radical (unpaired) electrons. The van der Waals surface area contributed by atoms with Crippen molar-refractivity contribution >= 4 is 17.3 Å². The van der Waals surface area contributed by atoms with E-state index in [2.05, 4.69) is 21.1 Å². The maximum Gasteiger partial charge on any atom is 0.264 e. The molecule has 1 amide bonds. The molecule has 0 atom stereocenters. The highest BCUT2D eigenvalue weighted by atomic mass is 19.3. The third-order valence-corrected chi connectivity index (χ3v) is 6.98. The molecule has 0 spiro atoms. The first kappa shape index (κ1) is 22.6. The van der Waals surface area contributed by atoms with Gasteiger partial charge in [-0.1, -0.05) is 6.58 Å². The molecule has 3 aliphatic rings. The van der Waals surface area contributed by atoms with Gasteiger partial charge in [0.1, 0.15) is 12.4 Å². The van der Waals surface area contributed by atoms with E-state index in [4.69, 9.17) is 4.98 Å². The SMILES string of the molecule is C=C(/C(=C\C1=C(C)CCCN1c1nc(C2CC2)n2c1CN(C)C(=O)C2)C(F)F)c1cnn(C)c1. The summed E-state index contributed by atoms with van der Waals surface area (Å²) in [4.78, 5) is 21.2. The summed E-state index contributed by atoms with van der Waals surface area (Å²) in [5.74, 6) is 2.18. The van der Waals surface area contributed by atoms with Gasteiger partial charge in [0.15, 0.2) is 5.82 Å². The summed E-state index contributed by atoms with van der Waals surface area (Å²) in [5.41, 5.74) is 3.49. The number of allylic oxidation sites excluding steroid dienone is 4. The molecule has 0 N–H and O–H groups in total. The number of hydrogen-bond acceptors (Lipinski definition) is 4. The van der Waals surface area contributed by atoms with Crippen molar-refractivity contribution in [3.63, 3.8) is 0 Å². The van der Waals surface area contributed by atoms with Crippen LogP contribution in [0.3, 0.4) is 0 Å². The van der Waals surface area contributed by atoms with Crippen molar-refractivity contribution in [3.8, 4) is 0 Å². The molecular weight excluding hydrogens is 438 g/mol. The summed E-state index contributed by atoms with van der Waals surface area (Å²) in [5, 5.41) is 4.11. The fourth-order valence-electron chi connectivity index (χ4n) is 4.84. The zero-order valence-corrected chi connectivity index (χ0v) is 19.9. The molecule has 2 aromatic rings. The average Bonchev–Trinajstić information content (AvgIpc) is 3.45. The second-order valence-corrected chi connectivity index (χ2v) is 9.55. The van der Waals surface area contributed by atoms with Gasteiger partial charge in [-0.2, -0.15) is 5.10 Å². The molecule has 0 unspecified atom stereocenters. The number of aryl methyl sites for hydroxylation is 1. The van der Waals surface area contributed by atoms with Crippen LogP contribution in [0.4, 0.5) is 14.6 Å². The van der Waals surface area contributed by atoms with Gasteiger partial charge in [-0.3, -0.25) is 9.48 Å². The molecule has 5 rings (SSSR count). The number of anilines is 1. The number of carbonyl (C=O) groups is 1. The molecule has 4 heterocycles. The number of aromatic nitrogens is 4. The van der Waals surface area contributed by atoms with Gasteiger partial charge >= 0.3 is 0 Å². The summed E-state index contributed by atoms with van der Waals surface area (Å²) in [6.45, 7) is 7.39. The van der Waals surface area contributed by atoms with Crippen LogP contribution in [0.5, 0.6) is 0 Å². The Morgan fingerprint density at radius 1 is 1.26 bits per heavy atom. The predicted octanol–water partition coefficient (Wildman–Crippen LogP) is 4.25. The Bertz CT molecular complexity index is 1220.